The number of aromatic nitrogens is 1. The van der Waals surface area contributed by atoms with E-state index in [0.717, 1.165) is 29.0 Å². The summed E-state index contributed by atoms with van der Waals surface area (Å²) in [6, 6.07) is 10.3. The molecule has 1 aromatic heterocycles. The van der Waals surface area contributed by atoms with Gasteiger partial charge in [0.1, 0.15) is 0 Å². The summed E-state index contributed by atoms with van der Waals surface area (Å²) in [7, 11) is 0. The maximum absolute atomic E-state index is 13.4. The van der Waals surface area contributed by atoms with Gasteiger partial charge in [0.05, 0.1) is 11.3 Å². The second-order valence-electron chi connectivity index (χ2n) is 6.07. The number of nitrogens with one attached hydrogen (secondary N) is 1. The van der Waals surface area contributed by atoms with Crippen LogP contribution in [0.2, 0.25) is 0 Å². The van der Waals surface area contributed by atoms with Crippen LogP contribution in [0.5, 0.6) is 0 Å². The van der Waals surface area contributed by atoms with Crippen LogP contribution in [0, 0.1) is 18.6 Å². The average molecular weight is 402 g/mol. The Morgan fingerprint density at radius 1 is 1.14 bits per heavy atom. The molecule has 28 heavy (non-hydrogen) atoms. The first-order chi connectivity index (χ1) is 13.3. The Labute approximate surface area is 164 Å². The van der Waals surface area contributed by atoms with Crippen molar-refractivity contribution in [1.82, 2.24) is 4.98 Å². The van der Waals surface area contributed by atoms with Crippen LogP contribution in [0.15, 0.2) is 47.8 Å². The molecule has 3 aromatic rings. The molecule has 5 nitrogen and oxygen atoms in total. The van der Waals surface area contributed by atoms with Crippen LogP contribution in [0.1, 0.15) is 22.8 Å². The monoisotopic (exact) mass is 402 g/mol. The highest BCUT2D eigenvalue weighted by Gasteiger charge is 2.20. The van der Waals surface area contributed by atoms with E-state index >= 15 is 0 Å². The minimum absolute atomic E-state index is 0.253. The molecule has 8 heteroatoms. The molecule has 144 valence electrons. The van der Waals surface area contributed by atoms with Crippen molar-refractivity contribution < 1.29 is 23.1 Å². The summed E-state index contributed by atoms with van der Waals surface area (Å²) in [5.74, 6) is -3.08. The van der Waals surface area contributed by atoms with Crippen LogP contribution in [0.25, 0.3) is 11.3 Å². The number of carbonyl (C=O) groups is 2. The molecule has 0 radical (unpaired) electrons. The number of rotatable bonds is 5. The number of hydrogen-bond acceptors (Lipinski definition) is 5. The van der Waals surface area contributed by atoms with Gasteiger partial charge in [-0.25, -0.2) is 18.6 Å². The summed E-state index contributed by atoms with van der Waals surface area (Å²) in [6.07, 6.45) is -1.04. The van der Waals surface area contributed by atoms with Crippen LogP contribution in [-0.2, 0) is 9.53 Å². The van der Waals surface area contributed by atoms with Gasteiger partial charge < -0.3 is 4.74 Å². The minimum Gasteiger partial charge on any atom is -0.449 e. The Kier molecular flexibility index (Phi) is 5.79. The summed E-state index contributed by atoms with van der Waals surface area (Å²) < 4.78 is 31.6. The van der Waals surface area contributed by atoms with Crippen LogP contribution in [0.4, 0.5) is 13.9 Å². The Hall–Kier alpha value is -3.13. The van der Waals surface area contributed by atoms with E-state index in [9.17, 15) is 18.4 Å². The fourth-order valence-corrected chi connectivity index (χ4v) is 3.10. The van der Waals surface area contributed by atoms with Crippen LogP contribution in [-0.4, -0.2) is 23.0 Å². The zero-order chi connectivity index (χ0) is 20.3. The number of thiazole rings is 1. The number of nitrogens with zero attached hydrogens (tertiary/aromatic N) is 1. The lowest BCUT2D eigenvalue weighted by molar-refractivity contribution is -0.123. The standard InChI is InChI=1S/C20H16F2N2O3S/c1-11-4-3-5-14(8-11)19(26)27-12(2)18(25)24-20-23-17(10-28-20)13-6-7-15(21)16(22)9-13/h3-10,12H,1-2H3,(H,23,24,25)/t12-/m1/s1. The second kappa shape index (κ2) is 8.26. The topological polar surface area (TPSA) is 68.3 Å². The number of carbonyl (C=O) groups excluding carboxylic acids is 2. The van der Waals surface area contributed by atoms with E-state index in [1.54, 1.807) is 23.6 Å². The van der Waals surface area contributed by atoms with Gasteiger partial charge in [-0.3, -0.25) is 10.1 Å². The molecule has 2 aromatic carbocycles. The Morgan fingerprint density at radius 3 is 2.64 bits per heavy atom. The summed E-state index contributed by atoms with van der Waals surface area (Å²) >= 11 is 1.12. The number of ether oxygens (including phenoxy) is 1. The first kappa shape index (κ1) is 19.6. The van der Waals surface area contributed by atoms with Gasteiger partial charge in [-0.15, -0.1) is 11.3 Å². The number of hydrogen-bond donors (Lipinski definition) is 1. The average Bonchev–Trinajstić information content (AvgIpc) is 3.12. The van der Waals surface area contributed by atoms with E-state index in [1.807, 2.05) is 13.0 Å². The normalized spacial score (nSPS) is 11.7. The van der Waals surface area contributed by atoms with Gasteiger partial charge in [-0.1, -0.05) is 17.7 Å². The van der Waals surface area contributed by atoms with Gasteiger partial charge in [0.15, 0.2) is 22.9 Å². The van der Waals surface area contributed by atoms with Crippen molar-refractivity contribution in [2.24, 2.45) is 0 Å². The summed E-state index contributed by atoms with van der Waals surface area (Å²) in [6.45, 7) is 3.30. The Morgan fingerprint density at radius 2 is 1.93 bits per heavy atom. The quantitative estimate of drug-likeness (QED) is 0.635. The van der Waals surface area contributed by atoms with Gasteiger partial charge in [0.2, 0.25) is 0 Å². The lowest BCUT2D eigenvalue weighted by Gasteiger charge is -2.12. The number of anilines is 1. The predicted molar refractivity (Wildman–Crippen MR) is 102 cm³/mol. The summed E-state index contributed by atoms with van der Waals surface area (Å²) in [5.41, 5.74) is 2.03. The molecular weight excluding hydrogens is 386 g/mol. The first-order valence-corrected chi connectivity index (χ1v) is 9.21. The number of amides is 1. The first-order valence-electron chi connectivity index (χ1n) is 8.33. The van der Waals surface area contributed by atoms with Gasteiger partial charge in [-0.2, -0.15) is 0 Å². The molecule has 0 aliphatic heterocycles. The molecule has 1 amide bonds. The number of benzene rings is 2. The van der Waals surface area contributed by atoms with Gasteiger partial charge in [0.25, 0.3) is 5.91 Å². The maximum atomic E-state index is 13.4. The third-order valence-corrected chi connectivity index (χ3v) is 4.61. The predicted octanol–water partition coefficient (Wildman–Crippen LogP) is 4.58. The minimum atomic E-state index is -1.04. The number of halogens is 2. The zero-order valence-corrected chi connectivity index (χ0v) is 15.8. The highest BCUT2D eigenvalue weighted by atomic mass is 32.1. The van der Waals surface area contributed by atoms with Crippen molar-refractivity contribution in [3.63, 3.8) is 0 Å². The van der Waals surface area contributed by atoms with Crippen molar-refractivity contribution in [3.05, 3.63) is 70.6 Å². The Balaban J connectivity index is 1.63. The van der Waals surface area contributed by atoms with Gasteiger partial charge >= 0.3 is 5.97 Å². The van der Waals surface area contributed by atoms with Crippen molar-refractivity contribution >= 4 is 28.3 Å². The molecule has 1 heterocycles. The molecule has 0 bridgehead atoms. The molecule has 1 atom stereocenters. The van der Waals surface area contributed by atoms with Crippen LogP contribution < -0.4 is 5.32 Å². The molecule has 0 saturated carbocycles. The number of aryl methyl sites for hydroxylation is 1. The smallest absolute Gasteiger partial charge is 0.338 e. The second-order valence-corrected chi connectivity index (χ2v) is 6.93. The van der Waals surface area contributed by atoms with E-state index in [-0.39, 0.29) is 5.13 Å². The SMILES string of the molecule is Cc1cccc(C(=O)O[C@H](C)C(=O)Nc2nc(-c3ccc(F)c(F)c3)cs2)c1. The maximum Gasteiger partial charge on any atom is 0.338 e. The van der Waals surface area contributed by atoms with E-state index in [1.165, 1.54) is 13.0 Å². The van der Waals surface area contributed by atoms with Crippen LogP contribution >= 0.6 is 11.3 Å². The van der Waals surface area contributed by atoms with E-state index < -0.39 is 29.6 Å². The van der Waals surface area contributed by atoms with E-state index in [2.05, 4.69) is 10.3 Å². The highest BCUT2D eigenvalue weighted by Crippen LogP contribution is 2.26. The fraction of sp³-hybridized carbons (Fsp3) is 0.150. The van der Waals surface area contributed by atoms with Gasteiger partial charge in [-0.05, 0) is 44.2 Å². The summed E-state index contributed by atoms with van der Waals surface area (Å²) in [5, 5.41) is 4.41. The van der Waals surface area contributed by atoms with E-state index in [0.29, 0.717) is 16.8 Å². The van der Waals surface area contributed by atoms with E-state index in [4.69, 9.17) is 4.74 Å². The van der Waals surface area contributed by atoms with Crippen molar-refractivity contribution in [2.75, 3.05) is 5.32 Å². The van der Waals surface area contributed by atoms with Crippen LogP contribution in [0.3, 0.4) is 0 Å². The Bertz CT molecular complexity index is 1040. The van der Waals surface area contributed by atoms with Crippen molar-refractivity contribution in [1.29, 1.82) is 0 Å². The molecule has 0 spiro atoms. The molecule has 0 aliphatic carbocycles. The largest absolute Gasteiger partial charge is 0.449 e. The molecule has 0 aliphatic rings. The lowest BCUT2D eigenvalue weighted by Crippen LogP contribution is -2.30. The molecule has 3 rings (SSSR count). The molecule has 0 fully saturated rings. The zero-order valence-electron chi connectivity index (χ0n) is 15.0. The fourth-order valence-electron chi connectivity index (χ4n) is 2.38. The summed E-state index contributed by atoms with van der Waals surface area (Å²) in [4.78, 5) is 28.6. The van der Waals surface area contributed by atoms with Crippen molar-refractivity contribution in [2.45, 2.75) is 20.0 Å². The molecule has 0 unspecified atom stereocenters. The highest BCUT2D eigenvalue weighted by molar-refractivity contribution is 7.14. The van der Waals surface area contributed by atoms with Gasteiger partial charge in [0, 0.05) is 10.9 Å². The molecule has 1 N–H and O–H groups in total. The molecular formula is C20H16F2N2O3S. The third-order valence-electron chi connectivity index (χ3n) is 3.86. The lowest BCUT2D eigenvalue weighted by atomic mass is 10.1. The third kappa shape index (κ3) is 4.58. The number of esters is 1. The van der Waals surface area contributed by atoms with Crippen molar-refractivity contribution in [3.8, 4) is 11.3 Å². The molecule has 0 saturated heterocycles.